The molecule has 0 aliphatic rings. The van der Waals surface area contributed by atoms with E-state index >= 15 is 0 Å². The van der Waals surface area contributed by atoms with Crippen molar-refractivity contribution in [3.05, 3.63) is 61.2 Å². The van der Waals surface area contributed by atoms with Crippen molar-refractivity contribution in [1.82, 2.24) is 0 Å². The minimum atomic E-state index is -0.648. The number of carbonyl (C=O) groups excluding carboxylic acids is 1. The summed E-state index contributed by atoms with van der Waals surface area (Å²) in [7, 11) is 0. The van der Waals surface area contributed by atoms with E-state index in [-0.39, 0.29) is 19.2 Å². The number of carbonyl (C=O) groups is 1. The molecular formula is C27H36I2O5. The van der Waals surface area contributed by atoms with Crippen LogP contribution in [0.15, 0.2) is 48.5 Å². The Balaban J connectivity index is 1.89. The number of esters is 1. The molecular weight excluding hydrogens is 658 g/mol. The van der Waals surface area contributed by atoms with Crippen molar-refractivity contribution in [2.75, 3.05) is 13.2 Å². The zero-order valence-corrected chi connectivity index (χ0v) is 24.2. The third-order valence-electron chi connectivity index (χ3n) is 5.77. The highest BCUT2D eigenvalue weighted by Gasteiger charge is 2.31. The van der Waals surface area contributed by atoms with E-state index in [0.717, 1.165) is 37.7 Å². The van der Waals surface area contributed by atoms with Crippen LogP contribution in [-0.4, -0.2) is 30.5 Å². The second-order valence-corrected chi connectivity index (χ2v) is 11.0. The van der Waals surface area contributed by atoms with Gasteiger partial charge in [-0.1, -0.05) is 64.0 Å². The smallest absolute Gasteiger partial charge is 0.311 e. The lowest BCUT2D eigenvalue weighted by molar-refractivity contribution is -0.290. The molecule has 188 valence electrons. The summed E-state index contributed by atoms with van der Waals surface area (Å²) in [5, 5.41) is 9.67. The molecule has 0 saturated heterocycles. The number of benzene rings is 2. The summed E-state index contributed by atoms with van der Waals surface area (Å²) < 4.78 is 13.5. The lowest BCUT2D eigenvalue weighted by atomic mass is 9.91. The van der Waals surface area contributed by atoms with Crippen LogP contribution in [0, 0.1) is 13.1 Å². The van der Waals surface area contributed by atoms with E-state index in [1.165, 1.54) is 25.7 Å². The molecule has 0 aliphatic heterocycles. The van der Waals surface area contributed by atoms with E-state index in [1.807, 2.05) is 48.5 Å². The minimum Gasteiger partial charge on any atom is -0.490 e. The molecule has 0 fully saturated rings. The quantitative estimate of drug-likeness (QED) is 0.0606. The largest absolute Gasteiger partial charge is 0.490 e. The summed E-state index contributed by atoms with van der Waals surface area (Å²) in [6, 6.07) is 15.7. The van der Waals surface area contributed by atoms with Gasteiger partial charge in [-0.15, -0.1) is 0 Å². The Kier molecular flexibility index (Phi) is 15.1. The van der Waals surface area contributed by atoms with Crippen LogP contribution in [0.3, 0.4) is 0 Å². The number of rotatable bonds is 17. The molecule has 0 heterocycles. The maximum Gasteiger partial charge on any atom is 0.311 e. The van der Waals surface area contributed by atoms with Crippen molar-refractivity contribution < 1.29 is 24.4 Å². The molecule has 5 nitrogen and oxygen atoms in total. The van der Waals surface area contributed by atoms with E-state index < -0.39 is 12.0 Å². The standard InChI is InChI=1S/C27H36I2O5/c1-2-3-4-5-6-7-8-9-25(26(34-31)20-21-10-12-22(28)13-11-21)27(30)33-19-18-32-24-16-14-23(29)15-17-24/h10-17,25-26,31H,2-9,18-20H2,1H3. The van der Waals surface area contributed by atoms with Crippen LogP contribution in [0.4, 0.5) is 0 Å². The van der Waals surface area contributed by atoms with Crippen LogP contribution < -0.4 is 4.74 Å². The van der Waals surface area contributed by atoms with Gasteiger partial charge in [-0.3, -0.25) is 10.1 Å². The highest BCUT2D eigenvalue weighted by Crippen LogP contribution is 2.23. The lowest BCUT2D eigenvalue weighted by Crippen LogP contribution is -2.34. The zero-order chi connectivity index (χ0) is 24.6. The molecule has 34 heavy (non-hydrogen) atoms. The summed E-state index contributed by atoms with van der Waals surface area (Å²) in [6.45, 7) is 2.64. The second-order valence-electron chi connectivity index (χ2n) is 8.46. The molecule has 0 radical (unpaired) electrons. The van der Waals surface area contributed by atoms with Gasteiger partial charge in [0, 0.05) is 13.6 Å². The van der Waals surface area contributed by atoms with Crippen molar-refractivity contribution in [3.8, 4) is 5.75 Å². The molecule has 2 atom stereocenters. The summed E-state index contributed by atoms with van der Waals surface area (Å²) in [6.07, 6.45) is 8.54. The van der Waals surface area contributed by atoms with Gasteiger partial charge in [0.2, 0.25) is 0 Å². The molecule has 2 rings (SSSR count). The molecule has 0 saturated carbocycles. The van der Waals surface area contributed by atoms with Crippen LogP contribution >= 0.6 is 45.2 Å². The minimum absolute atomic E-state index is 0.153. The molecule has 0 spiro atoms. The monoisotopic (exact) mass is 694 g/mol. The molecule has 1 N–H and O–H groups in total. The van der Waals surface area contributed by atoms with Crippen LogP contribution in [0.5, 0.6) is 5.75 Å². The van der Waals surface area contributed by atoms with Gasteiger partial charge in [-0.2, -0.15) is 0 Å². The Morgan fingerprint density at radius 2 is 1.44 bits per heavy atom. The van der Waals surface area contributed by atoms with Crippen LogP contribution in [0.2, 0.25) is 0 Å². The number of unbranched alkanes of at least 4 members (excludes halogenated alkanes) is 6. The topological polar surface area (TPSA) is 65.0 Å². The van der Waals surface area contributed by atoms with E-state index in [2.05, 4.69) is 52.1 Å². The molecule has 0 aromatic heterocycles. The van der Waals surface area contributed by atoms with E-state index in [1.54, 1.807) is 0 Å². The molecule has 0 amide bonds. The number of halogens is 2. The third-order valence-corrected chi connectivity index (χ3v) is 7.20. The van der Waals surface area contributed by atoms with E-state index in [9.17, 15) is 10.1 Å². The molecule has 0 bridgehead atoms. The van der Waals surface area contributed by atoms with Crippen LogP contribution in [-0.2, 0) is 20.8 Å². The fraction of sp³-hybridized carbons (Fsp3) is 0.519. The summed E-state index contributed by atoms with van der Waals surface area (Å²) in [4.78, 5) is 17.8. The average Bonchev–Trinajstić information content (AvgIpc) is 2.84. The zero-order valence-electron chi connectivity index (χ0n) is 19.9. The Morgan fingerprint density at radius 1 is 0.853 bits per heavy atom. The Labute approximate surface area is 231 Å². The molecule has 2 aromatic rings. The average molecular weight is 694 g/mol. The van der Waals surface area contributed by atoms with Crippen molar-refractivity contribution in [2.24, 2.45) is 5.92 Å². The van der Waals surface area contributed by atoms with Gasteiger partial charge in [-0.25, -0.2) is 4.89 Å². The van der Waals surface area contributed by atoms with Crippen molar-refractivity contribution in [2.45, 2.75) is 70.8 Å². The maximum absolute atomic E-state index is 13.0. The van der Waals surface area contributed by atoms with Gasteiger partial charge in [0.15, 0.2) is 0 Å². The van der Waals surface area contributed by atoms with Gasteiger partial charge >= 0.3 is 5.97 Å². The van der Waals surface area contributed by atoms with Crippen molar-refractivity contribution >= 4 is 51.2 Å². The highest BCUT2D eigenvalue weighted by molar-refractivity contribution is 14.1. The maximum atomic E-state index is 13.0. The predicted molar refractivity (Wildman–Crippen MR) is 152 cm³/mol. The first-order valence-corrected chi connectivity index (χ1v) is 14.3. The fourth-order valence-electron chi connectivity index (χ4n) is 3.82. The Bertz CT molecular complexity index is 811. The third kappa shape index (κ3) is 11.7. The summed E-state index contributed by atoms with van der Waals surface area (Å²) >= 11 is 4.50. The summed E-state index contributed by atoms with van der Waals surface area (Å²) in [5.41, 5.74) is 1.01. The molecule has 0 aliphatic carbocycles. The Hall–Kier alpha value is -0.910. The van der Waals surface area contributed by atoms with E-state index in [4.69, 9.17) is 14.4 Å². The first-order chi connectivity index (χ1) is 16.5. The van der Waals surface area contributed by atoms with Crippen molar-refractivity contribution in [3.63, 3.8) is 0 Å². The normalized spacial score (nSPS) is 12.8. The van der Waals surface area contributed by atoms with Gasteiger partial charge in [0.1, 0.15) is 25.1 Å². The van der Waals surface area contributed by atoms with Gasteiger partial charge in [0.25, 0.3) is 0 Å². The van der Waals surface area contributed by atoms with Crippen molar-refractivity contribution in [1.29, 1.82) is 0 Å². The first kappa shape index (κ1) is 29.3. The number of hydrogen-bond donors (Lipinski definition) is 1. The van der Waals surface area contributed by atoms with Crippen LogP contribution in [0.25, 0.3) is 0 Å². The van der Waals surface area contributed by atoms with Gasteiger partial charge in [-0.05, 0) is 93.6 Å². The highest BCUT2D eigenvalue weighted by atomic mass is 127. The predicted octanol–water partition coefficient (Wildman–Crippen LogP) is 7.68. The summed E-state index contributed by atoms with van der Waals surface area (Å²) in [5.74, 6) is -0.133. The fourth-order valence-corrected chi connectivity index (χ4v) is 4.54. The second kappa shape index (κ2) is 17.5. The molecule has 2 unspecified atom stereocenters. The number of hydrogen-bond acceptors (Lipinski definition) is 5. The molecule has 2 aromatic carbocycles. The lowest BCUT2D eigenvalue weighted by Gasteiger charge is -2.23. The van der Waals surface area contributed by atoms with Gasteiger partial charge in [0.05, 0.1) is 5.92 Å². The number of ether oxygens (including phenoxy) is 2. The Morgan fingerprint density at radius 3 is 2.06 bits per heavy atom. The van der Waals surface area contributed by atoms with E-state index in [0.29, 0.717) is 12.8 Å². The van der Waals surface area contributed by atoms with Gasteiger partial charge < -0.3 is 9.47 Å². The molecule has 7 heteroatoms. The first-order valence-electron chi connectivity index (χ1n) is 12.1. The van der Waals surface area contributed by atoms with Crippen LogP contribution in [0.1, 0.15) is 63.9 Å². The SMILES string of the molecule is CCCCCCCCCC(C(=O)OCCOc1ccc(I)cc1)C(Cc1ccc(I)cc1)OO.